The number of halogens is 3. The lowest BCUT2D eigenvalue weighted by Crippen LogP contribution is -2.08. The predicted molar refractivity (Wildman–Crippen MR) is 77.0 cm³/mol. The summed E-state index contributed by atoms with van der Waals surface area (Å²) in [5.74, 6) is -2.28. The van der Waals surface area contributed by atoms with Crippen LogP contribution in [0.15, 0.2) is 34.8 Å². The molecule has 0 unspecified atom stereocenters. The molecule has 0 saturated carbocycles. The van der Waals surface area contributed by atoms with E-state index in [4.69, 9.17) is 9.47 Å². The van der Waals surface area contributed by atoms with Gasteiger partial charge in [-0.1, -0.05) is 6.07 Å². The number of carbonyl (C=O) groups excluding carboxylic acids is 1. The Labute approximate surface area is 128 Å². The summed E-state index contributed by atoms with van der Waals surface area (Å²) in [4.78, 5) is 12.4. The zero-order valence-electron chi connectivity index (χ0n) is 11.2. The summed E-state index contributed by atoms with van der Waals surface area (Å²) in [6.45, 7) is 0. The van der Waals surface area contributed by atoms with Crippen LogP contribution in [0.4, 0.5) is 8.78 Å². The van der Waals surface area contributed by atoms with E-state index < -0.39 is 17.4 Å². The van der Waals surface area contributed by atoms with Crippen LogP contribution in [0.5, 0.6) is 11.5 Å². The van der Waals surface area contributed by atoms with Gasteiger partial charge in [-0.05, 0) is 40.2 Å². The van der Waals surface area contributed by atoms with Crippen molar-refractivity contribution in [1.29, 1.82) is 0 Å². The molecule has 0 bridgehead atoms. The van der Waals surface area contributed by atoms with Crippen LogP contribution >= 0.6 is 15.9 Å². The Morgan fingerprint density at radius 3 is 2.38 bits per heavy atom. The molecule has 0 heterocycles. The van der Waals surface area contributed by atoms with E-state index in [-0.39, 0.29) is 16.9 Å². The minimum atomic E-state index is -1.18. The van der Waals surface area contributed by atoms with Crippen LogP contribution in [-0.2, 0) is 0 Å². The fraction of sp³-hybridized carbons (Fsp3) is 0.133. The monoisotopic (exact) mass is 356 g/mol. The molecule has 0 aromatic heterocycles. The molecule has 0 atom stereocenters. The van der Waals surface area contributed by atoms with Crippen LogP contribution in [0.3, 0.4) is 0 Å². The largest absolute Gasteiger partial charge is 0.495 e. The van der Waals surface area contributed by atoms with Gasteiger partial charge in [0.15, 0.2) is 17.4 Å². The highest BCUT2D eigenvalue weighted by molar-refractivity contribution is 9.10. The summed E-state index contributed by atoms with van der Waals surface area (Å²) in [6, 6.07) is 6.43. The summed E-state index contributed by atoms with van der Waals surface area (Å²) >= 11 is 3.26. The molecule has 3 nitrogen and oxygen atoms in total. The highest BCUT2D eigenvalue weighted by Gasteiger charge is 2.23. The summed E-state index contributed by atoms with van der Waals surface area (Å²) in [6.07, 6.45) is 0. The minimum absolute atomic E-state index is 0.106. The van der Waals surface area contributed by atoms with Gasteiger partial charge in [0.2, 0.25) is 0 Å². The Hall–Kier alpha value is -1.95. The zero-order chi connectivity index (χ0) is 15.6. The van der Waals surface area contributed by atoms with E-state index in [1.54, 1.807) is 0 Å². The van der Waals surface area contributed by atoms with Crippen LogP contribution in [-0.4, -0.2) is 20.0 Å². The van der Waals surface area contributed by atoms with Crippen molar-refractivity contribution in [3.8, 4) is 11.5 Å². The maximum absolute atomic E-state index is 13.7. The average Bonchev–Trinajstić information content (AvgIpc) is 2.49. The number of ether oxygens (including phenoxy) is 2. The molecule has 21 heavy (non-hydrogen) atoms. The summed E-state index contributed by atoms with van der Waals surface area (Å²) in [5, 5.41) is 0. The number of ketones is 1. The third-order valence-electron chi connectivity index (χ3n) is 2.93. The summed E-state index contributed by atoms with van der Waals surface area (Å²) in [7, 11) is 2.84. The van der Waals surface area contributed by atoms with Gasteiger partial charge in [0.1, 0.15) is 16.0 Å². The molecule has 0 fully saturated rings. The molecule has 0 aliphatic carbocycles. The third kappa shape index (κ3) is 2.76. The molecular formula is C15H11BrF2O3. The molecule has 0 N–H and O–H groups in total. The Kier molecular flexibility index (Phi) is 4.57. The summed E-state index contributed by atoms with van der Waals surface area (Å²) in [5.41, 5.74) is -0.250. The van der Waals surface area contributed by atoms with Gasteiger partial charge in [-0.25, -0.2) is 8.78 Å². The maximum Gasteiger partial charge on any atom is 0.199 e. The number of benzene rings is 2. The zero-order valence-corrected chi connectivity index (χ0v) is 12.8. The molecule has 6 heteroatoms. The van der Waals surface area contributed by atoms with Crippen molar-refractivity contribution in [3.05, 3.63) is 57.6 Å². The quantitative estimate of drug-likeness (QED) is 0.777. The van der Waals surface area contributed by atoms with Crippen molar-refractivity contribution >= 4 is 21.7 Å². The second-order valence-electron chi connectivity index (χ2n) is 4.09. The Bertz CT molecular complexity index is 702. The first-order valence-electron chi connectivity index (χ1n) is 5.90. The SMILES string of the molecule is COc1ccc(C(=O)c2cccc(F)c2F)c(OC)c1Br. The van der Waals surface area contributed by atoms with Crippen molar-refractivity contribution < 1.29 is 23.0 Å². The molecule has 2 aromatic carbocycles. The molecule has 0 saturated heterocycles. The number of carbonyl (C=O) groups is 1. The third-order valence-corrected chi connectivity index (χ3v) is 3.68. The first-order chi connectivity index (χ1) is 10.0. The van der Waals surface area contributed by atoms with Gasteiger partial charge < -0.3 is 9.47 Å². The molecule has 0 aliphatic heterocycles. The van der Waals surface area contributed by atoms with Crippen LogP contribution in [0.2, 0.25) is 0 Å². The van der Waals surface area contributed by atoms with Crippen LogP contribution < -0.4 is 9.47 Å². The van der Waals surface area contributed by atoms with E-state index in [0.717, 1.165) is 6.07 Å². The van der Waals surface area contributed by atoms with Gasteiger partial charge in [-0.15, -0.1) is 0 Å². The number of hydrogen-bond donors (Lipinski definition) is 0. The molecule has 2 rings (SSSR count). The lowest BCUT2D eigenvalue weighted by molar-refractivity contribution is 0.103. The molecule has 110 valence electrons. The lowest BCUT2D eigenvalue weighted by atomic mass is 10.0. The van der Waals surface area contributed by atoms with Crippen molar-refractivity contribution in [1.82, 2.24) is 0 Å². The molecule has 2 aromatic rings. The van der Waals surface area contributed by atoms with E-state index in [2.05, 4.69) is 15.9 Å². The first-order valence-corrected chi connectivity index (χ1v) is 6.69. The van der Waals surface area contributed by atoms with E-state index in [0.29, 0.717) is 10.2 Å². The highest BCUT2D eigenvalue weighted by Crippen LogP contribution is 2.38. The average molecular weight is 357 g/mol. The topological polar surface area (TPSA) is 35.5 Å². The number of methoxy groups -OCH3 is 2. The maximum atomic E-state index is 13.7. The van der Waals surface area contributed by atoms with E-state index in [1.165, 1.54) is 38.5 Å². The van der Waals surface area contributed by atoms with Gasteiger partial charge in [0, 0.05) is 0 Å². The highest BCUT2D eigenvalue weighted by atomic mass is 79.9. The molecule has 0 radical (unpaired) electrons. The normalized spacial score (nSPS) is 10.3. The first kappa shape index (κ1) is 15.4. The second-order valence-corrected chi connectivity index (χ2v) is 4.89. The molecule has 0 spiro atoms. The van der Waals surface area contributed by atoms with Gasteiger partial charge in [0.25, 0.3) is 0 Å². The summed E-state index contributed by atoms with van der Waals surface area (Å²) < 4.78 is 37.7. The van der Waals surface area contributed by atoms with Gasteiger partial charge in [-0.2, -0.15) is 0 Å². The Morgan fingerprint density at radius 1 is 1.05 bits per heavy atom. The van der Waals surface area contributed by atoms with Crippen LogP contribution in [0, 0.1) is 11.6 Å². The number of rotatable bonds is 4. The fourth-order valence-electron chi connectivity index (χ4n) is 1.90. The molecule has 0 aliphatic rings. The van der Waals surface area contributed by atoms with Crippen molar-refractivity contribution in [2.24, 2.45) is 0 Å². The molecular weight excluding hydrogens is 346 g/mol. The van der Waals surface area contributed by atoms with Crippen LogP contribution in [0.25, 0.3) is 0 Å². The number of hydrogen-bond acceptors (Lipinski definition) is 3. The Balaban J connectivity index is 2.59. The van der Waals surface area contributed by atoms with Gasteiger partial charge in [0.05, 0.1) is 25.3 Å². The van der Waals surface area contributed by atoms with Crippen LogP contribution in [0.1, 0.15) is 15.9 Å². The molecule has 0 amide bonds. The fourth-order valence-corrected chi connectivity index (χ4v) is 2.57. The standard InChI is InChI=1S/C15H11BrF2O3/c1-20-11-7-6-9(15(21-2)12(11)16)14(19)8-4-3-5-10(17)13(8)18/h3-7H,1-2H3. The second kappa shape index (κ2) is 6.22. The minimum Gasteiger partial charge on any atom is -0.495 e. The van der Waals surface area contributed by atoms with E-state index in [1.807, 2.05) is 0 Å². The lowest BCUT2D eigenvalue weighted by Gasteiger charge is -2.13. The Morgan fingerprint density at radius 2 is 1.76 bits per heavy atom. The van der Waals surface area contributed by atoms with Crippen molar-refractivity contribution in [2.45, 2.75) is 0 Å². The van der Waals surface area contributed by atoms with Gasteiger partial charge in [-0.3, -0.25) is 4.79 Å². The van der Waals surface area contributed by atoms with Crippen molar-refractivity contribution in [2.75, 3.05) is 14.2 Å². The predicted octanol–water partition coefficient (Wildman–Crippen LogP) is 3.98. The van der Waals surface area contributed by atoms with E-state index >= 15 is 0 Å². The smallest absolute Gasteiger partial charge is 0.199 e. The van der Waals surface area contributed by atoms with E-state index in [9.17, 15) is 13.6 Å². The van der Waals surface area contributed by atoms with Crippen molar-refractivity contribution in [3.63, 3.8) is 0 Å². The van der Waals surface area contributed by atoms with Gasteiger partial charge >= 0.3 is 0 Å².